The maximum absolute atomic E-state index is 4.99. The van der Waals surface area contributed by atoms with Crippen molar-refractivity contribution in [3.8, 4) is 0 Å². The van der Waals surface area contributed by atoms with E-state index in [2.05, 4.69) is 50.7 Å². The third kappa shape index (κ3) is 21.0. The van der Waals surface area contributed by atoms with Crippen LogP contribution < -0.4 is 5.43 Å². The molecule has 12 heteroatoms. The van der Waals surface area contributed by atoms with E-state index in [-0.39, 0.29) is 0 Å². The fourth-order valence-corrected chi connectivity index (χ4v) is 5.39. The molecule has 6 heterocycles. The predicted molar refractivity (Wildman–Crippen MR) is 158 cm³/mol. The first kappa shape index (κ1) is 34.0. The minimum Gasteiger partial charge on any atom is -0.365 e. The summed E-state index contributed by atoms with van der Waals surface area (Å²) in [6.45, 7) is 11.8. The largest absolute Gasteiger partial charge is 0.365 e. The Morgan fingerprint density at radius 2 is 1.72 bits per heavy atom. The Morgan fingerprint density at radius 3 is 1.89 bits per heavy atom. The fraction of sp³-hybridized carbons (Fsp3) is 0.875. The second-order valence-corrected chi connectivity index (χ2v) is 12.5. The molecule has 0 aromatic carbocycles. The first-order chi connectivity index (χ1) is 17.4. The molecule has 1 aromatic heterocycles. The lowest BCUT2D eigenvalue weighted by atomic mass is 10.5. The van der Waals surface area contributed by atoms with Crippen LogP contribution in [0.2, 0.25) is 0 Å². The van der Waals surface area contributed by atoms with Gasteiger partial charge in [0.15, 0.2) is 0 Å². The Bertz CT molecular complexity index is 493. The van der Waals surface area contributed by atoms with Gasteiger partial charge in [-0.15, -0.1) is 23.1 Å². The van der Waals surface area contributed by atoms with E-state index in [0.29, 0.717) is 0 Å². The molecule has 5 fully saturated rings. The van der Waals surface area contributed by atoms with Crippen molar-refractivity contribution in [3.63, 3.8) is 0 Å². The standard InChI is InChI=1S/C4H10N2.2C4H9NO.2C4H9NS.C4H5NS/c1-6-4-2-3-5-6;1-5-2-3-6-4-5;1-5-3-2-4-6-5;1-5-2-3-6-4-5;1-5-3-2-4-6-5;1-4-5-2-3-6-4/h5H,2-4H2,1H3;4*2-4H2,1H3;2-3H,1H3. The third-order valence-electron chi connectivity index (χ3n) is 5.32. The number of likely N-dealkylation sites (N-methyl/N-ethyl adjacent to an activating group) is 1. The Morgan fingerprint density at radius 1 is 0.889 bits per heavy atom. The number of hydroxylamine groups is 2. The fourth-order valence-electron chi connectivity index (χ4n) is 3.11. The summed E-state index contributed by atoms with van der Waals surface area (Å²) in [5, 5.41) is 7.07. The highest BCUT2D eigenvalue weighted by Crippen LogP contribution is 2.15. The summed E-state index contributed by atoms with van der Waals surface area (Å²) in [6, 6.07) is 0. The van der Waals surface area contributed by atoms with Crippen LogP contribution in [-0.2, 0) is 9.57 Å². The van der Waals surface area contributed by atoms with Gasteiger partial charge in [0, 0.05) is 82.3 Å². The maximum Gasteiger partial charge on any atom is 0.0989 e. The smallest absolute Gasteiger partial charge is 0.0989 e. The van der Waals surface area contributed by atoms with E-state index in [1.165, 1.54) is 56.3 Å². The summed E-state index contributed by atoms with van der Waals surface area (Å²) in [6.07, 6.45) is 5.67. The van der Waals surface area contributed by atoms with Gasteiger partial charge in [-0.25, -0.2) is 5.01 Å². The zero-order valence-electron chi connectivity index (χ0n) is 23.5. The highest BCUT2D eigenvalue weighted by atomic mass is 32.2. The second-order valence-electron chi connectivity index (χ2n) is 9.04. The van der Waals surface area contributed by atoms with Gasteiger partial charge in [0.1, 0.15) is 0 Å². The van der Waals surface area contributed by atoms with Crippen LogP contribution >= 0.6 is 35.0 Å². The molecule has 0 radical (unpaired) electrons. The first-order valence-electron chi connectivity index (χ1n) is 12.9. The zero-order valence-corrected chi connectivity index (χ0v) is 25.9. The second kappa shape index (κ2) is 22.9. The lowest BCUT2D eigenvalue weighted by Crippen LogP contribution is -2.25. The number of aromatic nitrogens is 1. The molecular formula is C24H51N7O2S3. The highest BCUT2D eigenvalue weighted by molar-refractivity contribution is 7.99. The number of thioether (sulfide) groups is 1. The summed E-state index contributed by atoms with van der Waals surface area (Å²) in [5.74, 6) is 3.90. The van der Waals surface area contributed by atoms with Crippen molar-refractivity contribution in [1.29, 1.82) is 0 Å². The van der Waals surface area contributed by atoms with Crippen molar-refractivity contribution in [2.24, 2.45) is 0 Å². The van der Waals surface area contributed by atoms with Gasteiger partial charge >= 0.3 is 0 Å². The van der Waals surface area contributed by atoms with Crippen LogP contribution in [0, 0.1) is 6.92 Å². The van der Waals surface area contributed by atoms with E-state index < -0.39 is 0 Å². The molecule has 6 rings (SSSR count). The van der Waals surface area contributed by atoms with Gasteiger partial charge in [0.25, 0.3) is 0 Å². The number of hydrazine groups is 1. The predicted octanol–water partition coefficient (Wildman–Crippen LogP) is 3.03. The van der Waals surface area contributed by atoms with Crippen LogP contribution in [0.1, 0.15) is 24.3 Å². The molecule has 0 spiro atoms. The molecule has 0 saturated carbocycles. The van der Waals surface area contributed by atoms with E-state index in [9.17, 15) is 0 Å². The zero-order chi connectivity index (χ0) is 26.4. The van der Waals surface area contributed by atoms with Crippen LogP contribution in [0.15, 0.2) is 11.6 Å². The summed E-state index contributed by atoms with van der Waals surface area (Å²) >= 11 is 5.61. The van der Waals surface area contributed by atoms with Crippen molar-refractivity contribution in [3.05, 3.63) is 16.6 Å². The molecule has 0 bridgehead atoms. The number of rotatable bonds is 0. The van der Waals surface area contributed by atoms with Crippen LogP contribution in [0.5, 0.6) is 0 Å². The number of thiazole rings is 1. The normalized spacial score (nSPS) is 22.7. The molecule has 9 nitrogen and oxygen atoms in total. The SMILES string of the molecule is CN1CCCN1.CN1CCCO1.CN1CCCS1.CN1CCOC1.CN1CCSC1.Cc1nccs1. The van der Waals surface area contributed by atoms with Gasteiger partial charge in [-0.2, -0.15) is 5.06 Å². The molecule has 1 aromatic rings. The van der Waals surface area contributed by atoms with Crippen LogP contribution in [0.4, 0.5) is 0 Å². The van der Waals surface area contributed by atoms with Crippen molar-refractivity contribution >= 4 is 35.0 Å². The van der Waals surface area contributed by atoms with E-state index in [0.717, 1.165) is 44.6 Å². The molecule has 212 valence electrons. The lowest BCUT2D eigenvalue weighted by molar-refractivity contribution is -0.0867. The molecule has 5 aliphatic heterocycles. The van der Waals surface area contributed by atoms with Crippen molar-refractivity contribution in [1.82, 2.24) is 34.6 Å². The number of hydrogen-bond acceptors (Lipinski definition) is 12. The monoisotopic (exact) mass is 565 g/mol. The summed E-state index contributed by atoms with van der Waals surface area (Å²) in [5.41, 5.74) is 3.15. The summed E-state index contributed by atoms with van der Waals surface area (Å²) in [4.78, 5) is 13.4. The molecule has 0 aliphatic carbocycles. The molecule has 36 heavy (non-hydrogen) atoms. The number of ether oxygens (including phenoxy) is 1. The van der Waals surface area contributed by atoms with Gasteiger partial charge in [-0.05, 0) is 47.3 Å². The van der Waals surface area contributed by atoms with Gasteiger partial charge in [-0.1, -0.05) is 11.9 Å². The number of hydrogen-bond donors (Lipinski definition) is 1. The minimum absolute atomic E-state index is 0.819. The Balaban J connectivity index is 0.000000216. The minimum atomic E-state index is 0.819. The van der Waals surface area contributed by atoms with Gasteiger partial charge in [0.05, 0.1) is 25.0 Å². The molecule has 0 unspecified atom stereocenters. The summed E-state index contributed by atoms with van der Waals surface area (Å²) < 4.78 is 7.26. The lowest BCUT2D eigenvalue weighted by Gasteiger charge is -2.03. The number of nitrogens with zero attached hydrogens (tertiary/aromatic N) is 6. The maximum atomic E-state index is 4.99. The molecule has 1 N–H and O–H groups in total. The molecule has 0 atom stereocenters. The van der Waals surface area contributed by atoms with Crippen molar-refractivity contribution < 1.29 is 9.57 Å². The quantitative estimate of drug-likeness (QED) is 0.473. The van der Waals surface area contributed by atoms with Crippen molar-refractivity contribution in [2.45, 2.75) is 26.2 Å². The van der Waals surface area contributed by atoms with E-state index in [4.69, 9.17) is 9.57 Å². The average molecular weight is 566 g/mol. The number of aryl methyl sites for hydroxylation is 1. The molecule has 5 saturated heterocycles. The average Bonchev–Trinajstić information content (AvgIpc) is 3.67. The first-order valence-corrected chi connectivity index (χ1v) is 15.9. The molecule has 5 aliphatic rings. The van der Waals surface area contributed by atoms with Crippen LogP contribution in [-0.4, -0.2) is 141 Å². The van der Waals surface area contributed by atoms with E-state index in [1.54, 1.807) is 17.5 Å². The third-order valence-corrected chi connectivity index (χ3v) is 8.22. The highest BCUT2D eigenvalue weighted by Gasteiger charge is 2.05. The Kier molecular flexibility index (Phi) is 21.7. The van der Waals surface area contributed by atoms with E-state index >= 15 is 0 Å². The van der Waals surface area contributed by atoms with Crippen molar-refractivity contribution in [2.75, 3.05) is 112 Å². The summed E-state index contributed by atoms with van der Waals surface area (Å²) in [7, 11) is 10.4. The Labute approximate surface area is 233 Å². The van der Waals surface area contributed by atoms with Gasteiger partial charge < -0.3 is 4.74 Å². The topological polar surface area (TPSA) is 59.6 Å². The molecule has 0 amide bonds. The Hall–Kier alpha value is 0.01000. The molecular weight excluding hydrogens is 515 g/mol. The van der Waals surface area contributed by atoms with Crippen LogP contribution in [0.3, 0.4) is 0 Å². The van der Waals surface area contributed by atoms with Crippen LogP contribution in [0.25, 0.3) is 0 Å². The van der Waals surface area contributed by atoms with Gasteiger partial charge in [-0.3, -0.25) is 29.4 Å². The van der Waals surface area contributed by atoms with E-state index in [1.807, 2.05) is 55.2 Å². The number of nitrogens with one attached hydrogen (secondary N) is 1. The van der Waals surface area contributed by atoms with Gasteiger partial charge in [0.2, 0.25) is 0 Å².